The van der Waals surface area contributed by atoms with Gasteiger partial charge in [0.1, 0.15) is 0 Å². The summed E-state index contributed by atoms with van der Waals surface area (Å²) in [5.41, 5.74) is 0. The Balaban J connectivity index is 3.34. The number of aliphatic hydroxyl groups is 2. The van der Waals surface area contributed by atoms with Crippen molar-refractivity contribution < 1.29 is 24.5 Å². The summed E-state index contributed by atoms with van der Waals surface area (Å²) in [6.45, 7) is 4.92. The summed E-state index contributed by atoms with van der Waals surface area (Å²) in [6, 6.07) is -0.539. The van der Waals surface area contributed by atoms with Gasteiger partial charge in [0.15, 0.2) is 0 Å². The highest BCUT2D eigenvalue weighted by atomic mass is 16.5. The van der Waals surface area contributed by atoms with Gasteiger partial charge >= 0.3 is 5.97 Å². The van der Waals surface area contributed by atoms with Gasteiger partial charge in [-0.25, -0.2) is 0 Å². The minimum absolute atomic E-state index is 0.00515. The third kappa shape index (κ3) is 67.2. The van der Waals surface area contributed by atoms with E-state index in [2.05, 4.69) is 55.6 Å². The second-order valence-corrected chi connectivity index (χ2v) is 25.6. The van der Waals surface area contributed by atoms with Crippen molar-refractivity contribution in [1.29, 1.82) is 0 Å². The summed E-state index contributed by atoms with van der Waals surface area (Å²) in [5, 5.41) is 23.4. The summed E-state index contributed by atoms with van der Waals surface area (Å²) in [6.07, 6.45) is 92.2. The van der Waals surface area contributed by atoms with Crippen molar-refractivity contribution in [3.8, 4) is 0 Å². The number of carbonyl (C=O) groups is 2. The molecule has 0 fully saturated rings. The first kappa shape index (κ1) is 80.1. The first-order chi connectivity index (χ1) is 40.5. The first-order valence-electron chi connectivity index (χ1n) is 37.2. The molecule has 484 valence electrons. The van der Waals surface area contributed by atoms with Gasteiger partial charge in [0.05, 0.1) is 25.4 Å². The van der Waals surface area contributed by atoms with E-state index < -0.39 is 12.1 Å². The number of carbonyl (C=O) groups excluding carboxylic acids is 2. The van der Waals surface area contributed by atoms with Crippen LogP contribution in [0.15, 0.2) is 36.5 Å². The van der Waals surface area contributed by atoms with Crippen LogP contribution in [-0.2, 0) is 14.3 Å². The molecule has 3 N–H and O–H groups in total. The van der Waals surface area contributed by atoms with Crippen LogP contribution in [0.4, 0.5) is 0 Å². The minimum atomic E-state index is -0.662. The average Bonchev–Trinajstić information content (AvgIpc) is 3.48. The molecule has 0 heterocycles. The van der Waals surface area contributed by atoms with E-state index in [9.17, 15) is 19.8 Å². The van der Waals surface area contributed by atoms with Crippen LogP contribution in [0.3, 0.4) is 0 Å². The molecule has 0 radical (unpaired) electrons. The Labute approximate surface area is 513 Å². The molecule has 0 aromatic heterocycles. The lowest BCUT2D eigenvalue weighted by Crippen LogP contribution is -2.45. The van der Waals surface area contributed by atoms with Crippen molar-refractivity contribution in [2.75, 3.05) is 13.2 Å². The zero-order valence-corrected chi connectivity index (χ0v) is 55.5. The predicted octanol–water partition coefficient (Wildman–Crippen LogP) is 24.3. The van der Waals surface area contributed by atoms with Crippen LogP contribution in [0.1, 0.15) is 412 Å². The fourth-order valence-corrected chi connectivity index (χ4v) is 11.7. The van der Waals surface area contributed by atoms with Gasteiger partial charge in [0.25, 0.3) is 0 Å². The molecule has 0 rings (SSSR count). The number of rotatable bonds is 70. The molecule has 0 spiro atoms. The second-order valence-electron chi connectivity index (χ2n) is 25.6. The molecule has 0 aromatic rings. The molecule has 6 heteroatoms. The maximum atomic E-state index is 12.5. The Morgan fingerprint density at radius 3 is 0.988 bits per heavy atom. The van der Waals surface area contributed by atoms with Crippen LogP contribution >= 0.6 is 0 Å². The number of allylic oxidation sites excluding steroid dienone is 6. The largest absolute Gasteiger partial charge is 0.466 e. The number of aliphatic hydroxyl groups excluding tert-OH is 2. The summed E-state index contributed by atoms with van der Waals surface area (Å²) < 4.78 is 5.48. The number of unbranched alkanes of at least 4 members (excludes halogenated alkanes) is 53. The molecule has 0 aliphatic heterocycles. The highest BCUT2D eigenvalue weighted by Gasteiger charge is 2.20. The lowest BCUT2D eigenvalue weighted by molar-refractivity contribution is -0.143. The van der Waals surface area contributed by atoms with E-state index in [1.54, 1.807) is 0 Å². The van der Waals surface area contributed by atoms with Crippen molar-refractivity contribution in [1.82, 2.24) is 5.32 Å². The van der Waals surface area contributed by atoms with E-state index in [0.29, 0.717) is 25.9 Å². The summed E-state index contributed by atoms with van der Waals surface area (Å²) in [5.74, 6) is -0.0226. The highest BCUT2D eigenvalue weighted by Crippen LogP contribution is 2.19. The monoisotopic (exact) mass is 1150 g/mol. The normalized spacial score (nSPS) is 12.7. The molecule has 0 aliphatic carbocycles. The molecule has 82 heavy (non-hydrogen) atoms. The highest BCUT2D eigenvalue weighted by molar-refractivity contribution is 5.76. The lowest BCUT2D eigenvalue weighted by Gasteiger charge is -2.22. The van der Waals surface area contributed by atoms with E-state index in [1.165, 1.54) is 327 Å². The number of ether oxygens (including phenoxy) is 1. The third-order valence-electron chi connectivity index (χ3n) is 17.4. The van der Waals surface area contributed by atoms with E-state index in [1.807, 2.05) is 0 Å². The van der Waals surface area contributed by atoms with Gasteiger partial charge in [-0.1, -0.05) is 359 Å². The van der Waals surface area contributed by atoms with Gasteiger partial charge in [-0.15, -0.1) is 0 Å². The number of hydrogen-bond donors (Lipinski definition) is 3. The average molecular weight is 1150 g/mol. The predicted molar refractivity (Wildman–Crippen MR) is 361 cm³/mol. The first-order valence-corrected chi connectivity index (χ1v) is 37.2. The molecule has 2 atom stereocenters. The lowest BCUT2D eigenvalue weighted by atomic mass is 10.0. The second kappa shape index (κ2) is 71.6. The van der Waals surface area contributed by atoms with Crippen LogP contribution in [0.2, 0.25) is 0 Å². The fraction of sp³-hybridized carbons (Fsp3) is 0.895. The van der Waals surface area contributed by atoms with E-state index in [4.69, 9.17) is 4.74 Å². The van der Waals surface area contributed by atoms with Gasteiger partial charge < -0.3 is 20.3 Å². The molecule has 0 aliphatic rings. The van der Waals surface area contributed by atoms with Crippen LogP contribution in [0.5, 0.6) is 0 Å². The Kier molecular flexibility index (Phi) is 69.9. The molecule has 0 bridgehead atoms. The maximum absolute atomic E-state index is 12.5. The van der Waals surface area contributed by atoms with Crippen molar-refractivity contribution >= 4 is 11.9 Å². The molecular weight excluding hydrogens is 1010 g/mol. The SMILES string of the molecule is CCC/C=C\C/C=C\CCCCCCCC(=O)OCCCCCCCCCCCCCCCC/C=C\CCCCCCCCCCCCCCCCCCCC(=O)NC(CO)C(O)CCCCCCCCCCCCCCCCCCC. The Hall–Kier alpha value is -1.92. The zero-order valence-electron chi connectivity index (χ0n) is 55.5. The quantitative estimate of drug-likeness (QED) is 0.0320. The summed E-state index contributed by atoms with van der Waals surface area (Å²) in [4.78, 5) is 24.6. The topological polar surface area (TPSA) is 95.9 Å². The van der Waals surface area contributed by atoms with Crippen molar-refractivity contribution in [2.24, 2.45) is 0 Å². The van der Waals surface area contributed by atoms with E-state index in [0.717, 1.165) is 51.4 Å². The van der Waals surface area contributed by atoms with Gasteiger partial charge in [-0.2, -0.15) is 0 Å². The Bertz CT molecular complexity index is 1330. The molecular formula is C76H145NO5. The third-order valence-corrected chi connectivity index (χ3v) is 17.4. The van der Waals surface area contributed by atoms with Crippen molar-refractivity contribution in [3.05, 3.63) is 36.5 Å². The molecule has 6 nitrogen and oxygen atoms in total. The van der Waals surface area contributed by atoms with Crippen molar-refractivity contribution in [2.45, 2.75) is 424 Å². The summed E-state index contributed by atoms with van der Waals surface area (Å²) >= 11 is 0. The van der Waals surface area contributed by atoms with E-state index in [-0.39, 0.29) is 18.5 Å². The molecule has 0 saturated carbocycles. The van der Waals surface area contributed by atoms with Crippen LogP contribution in [-0.4, -0.2) is 47.4 Å². The van der Waals surface area contributed by atoms with Crippen molar-refractivity contribution in [3.63, 3.8) is 0 Å². The molecule has 2 unspecified atom stereocenters. The Morgan fingerprint density at radius 1 is 0.341 bits per heavy atom. The number of esters is 1. The van der Waals surface area contributed by atoms with Gasteiger partial charge in [0.2, 0.25) is 5.91 Å². The van der Waals surface area contributed by atoms with Gasteiger partial charge in [-0.3, -0.25) is 9.59 Å². The maximum Gasteiger partial charge on any atom is 0.305 e. The number of nitrogens with one attached hydrogen (secondary N) is 1. The molecule has 0 saturated heterocycles. The van der Waals surface area contributed by atoms with Crippen LogP contribution < -0.4 is 5.32 Å². The van der Waals surface area contributed by atoms with Crippen LogP contribution in [0, 0.1) is 0 Å². The fourth-order valence-electron chi connectivity index (χ4n) is 11.7. The number of amides is 1. The zero-order chi connectivity index (χ0) is 59.2. The smallest absolute Gasteiger partial charge is 0.305 e. The standard InChI is InChI=1S/C76H145NO5/c1-3-5-7-9-11-13-15-17-18-38-41-45-48-52-56-60-64-68-74(79)73(72-78)77-75(80)69-65-61-57-53-49-46-42-39-36-34-32-30-28-26-24-22-20-19-21-23-25-27-29-31-33-35-37-40-43-47-51-55-59-63-67-71-82-76(81)70-66-62-58-54-50-44-16-14-12-10-8-6-4-2/h8,10,14,16,21,23,73-74,78-79H,3-7,9,11-13,15,17-20,22,24-72H2,1-2H3,(H,77,80)/b10-8-,16-14-,23-21-. The minimum Gasteiger partial charge on any atom is -0.466 e. The van der Waals surface area contributed by atoms with Gasteiger partial charge in [-0.05, 0) is 77.0 Å². The Morgan fingerprint density at radius 2 is 0.634 bits per heavy atom. The van der Waals surface area contributed by atoms with Gasteiger partial charge in [0, 0.05) is 12.8 Å². The number of hydrogen-bond acceptors (Lipinski definition) is 5. The summed E-state index contributed by atoms with van der Waals surface area (Å²) in [7, 11) is 0. The molecule has 0 aromatic carbocycles. The van der Waals surface area contributed by atoms with Crippen LogP contribution in [0.25, 0.3) is 0 Å². The van der Waals surface area contributed by atoms with E-state index >= 15 is 0 Å². The molecule has 1 amide bonds.